The molecule has 0 aromatic carbocycles. The molecule has 1 rings (SSSR count). The zero-order chi connectivity index (χ0) is 15.1. The van der Waals surface area contributed by atoms with Gasteiger partial charge >= 0.3 is 5.69 Å². The normalized spacial score (nSPS) is 12.2. The summed E-state index contributed by atoms with van der Waals surface area (Å²) in [5.41, 5.74) is -0.856. The SMILES string of the molecule is CCCCCC(C)NC(=O)Cn1ccc(=O)n(C)c1=O. The average molecular weight is 281 g/mol. The maximum atomic E-state index is 11.8. The maximum absolute atomic E-state index is 11.8. The molecule has 0 bridgehead atoms. The monoisotopic (exact) mass is 281 g/mol. The third-order valence-corrected chi connectivity index (χ3v) is 3.22. The molecular formula is C14H23N3O3. The summed E-state index contributed by atoms with van der Waals surface area (Å²) >= 11 is 0. The van der Waals surface area contributed by atoms with Gasteiger partial charge in [-0.15, -0.1) is 0 Å². The molecule has 20 heavy (non-hydrogen) atoms. The van der Waals surface area contributed by atoms with Crippen LogP contribution >= 0.6 is 0 Å². The summed E-state index contributed by atoms with van der Waals surface area (Å²) in [6.45, 7) is 4.03. The number of rotatable bonds is 7. The van der Waals surface area contributed by atoms with Gasteiger partial charge in [-0.1, -0.05) is 26.2 Å². The Hall–Kier alpha value is -1.85. The first-order valence-electron chi connectivity index (χ1n) is 7.01. The van der Waals surface area contributed by atoms with Crippen molar-refractivity contribution in [1.29, 1.82) is 0 Å². The molecule has 6 heteroatoms. The van der Waals surface area contributed by atoms with Gasteiger partial charge in [-0.25, -0.2) is 4.79 Å². The Morgan fingerprint density at radius 3 is 2.70 bits per heavy atom. The molecule has 1 aromatic heterocycles. The van der Waals surface area contributed by atoms with Crippen molar-refractivity contribution < 1.29 is 4.79 Å². The number of amides is 1. The van der Waals surface area contributed by atoms with Crippen molar-refractivity contribution in [2.75, 3.05) is 0 Å². The fraction of sp³-hybridized carbons (Fsp3) is 0.643. The van der Waals surface area contributed by atoms with E-state index in [0.717, 1.165) is 30.3 Å². The molecule has 1 aromatic rings. The number of hydrogen-bond acceptors (Lipinski definition) is 3. The molecule has 1 atom stereocenters. The zero-order valence-corrected chi connectivity index (χ0v) is 12.4. The Kier molecular flexibility index (Phi) is 6.21. The van der Waals surface area contributed by atoms with Crippen molar-refractivity contribution in [2.24, 2.45) is 7.05 Å². The van der Waals surface area contributed by atoms with Crippen LogP contribution in [0.1, 0.15) is 39.5 Å². The average Bonchev–Trinajstić information content (AvgIpc) is 2.40. The standard InChI is InChI=1S/C14H23N3O3/c1-4-5-6-7-11(2)15-12(18)10-17-9-8-13(19)16(3)14(17)20/h8-9,11H,4-7,10H2,1-3H3,(H,15,18). The predicted molar refractivity (Wildman–Crippen MR) is 77.7 cm³/mol. The highest BCUT2D eigenvalue weighted by Gasteiger charge is 2.09. The Bertz CT molecular complexity index is 560. The van der Waals surface area contributed by atoms with Crippen LogP contribution in [0.4, 0.5) is 0 Å². The van der Waals surface area contributed by atoms with E-state index in [1.54, 1.807) is 0 Å². The minimum Gasteiger partial charge on any atom is -0.352 e. The quantitative estimate of drug-likeness (QED) is 0.745. The number of carbonyl (C=O) groups excluding carboxylic acids is 1. The molecule has 1 N–H and O–H groups in total. The molecule has 0 aliphatic carbocycles. The second-order valence-corrected chi connectivity index (χ2v) is 5.09. The van der Waals surface area contributed by atoms with Crippen LogP contribution in [0.15, 0.2) is 21.9 Å². The van der Waals surface area contributed by atoms with Gasteiger partial charge in [-0.3, -0.25) is 18.7 Å². The van der Waals surface area contributed by atoms with Gasteiger partial charge in [0.05, 0.1) is 0 Å². The highest BCUT2D eigenvalue weighted by atomic mass is 16.2. The second kappa shape index (κ2) is 7.67. The Morgan fingerprint density at radius 2 is 2.05 bits per heavy atom. The van der Waals surface area contributed by atoms with E-state index in [2.05, 4.69) is 12.2 Å². The summed E-state index contributed by atoms with van der Waals surface area (Å²) in [7, 11) is 1.40. The molecule has 6 nitrogen and oxygen atoms in total. The summed E-state index contributed by atoms with van der Waals surface area (Å²) in [5.74, 6) is -0.213. The van der Waals surface area contributed by atoms with E-state index in [4.69, 9.17) is 0 Å². The van der Waals surface area contributed by atoms with Crippen LogP contribution in [0.2, 0.25) is 0 Å². The lowest BCUT2D eigenvalue weighted by molar-refractivity contribution is -0.122. The van der Waals surface area contributed by atoms with Crippen molar-refractivity contribution in [3.8, 4) is 0 Å². The molecule has 0 saturated heterocycles. The molecule has 0 saturated carbocycles. The van der Waals surface area contributed by atoms with Crippen molar-refractivity contribution in [1.82, 2.24) is 14.5 Å². The minimum absolute atomic E-state index is 0.0644. The Balaban J connectivity index is 2.57. The van der Waals surface area contributed by atoms with E-state index in [1.165, 1.54) is 23.9 Å². The van der Waals surface area contributed by atoms with Crippen LogP contribution in [-0.2, 0) is 18.4 Å². The summed E-state index contributed by atoms with van der Waals surface area (Å²) in [4.78, 5) is 34.9. The van der Waals surface area contributed by atoms with Gasteiger partial charge in [0, 0.05) is 25.4 Å². The largest absolute Gasteiger partial charge is 0.352 e. The van der Waals surface area contributed by atoms with E-state index in [1.807, 2.05) is 6.92 Å². The number of aromatic nitrogens is 2. The van der Waals surface area contributed by atoms with Crippen LogP contribution < -0.4 is 16.6 Å². The minimum atomic E-state index is -0.480. The van der Waals surface area contributed by atoms with Crippen LogP contribution in [0.25, 0.3) is 0 Å². The zero-order valence-electron chi connectivity index (χ0n) is 12.4. The van der Waals surface area contributed by atoms with E-state index in [0.29, 0.717) is 0 Å². The van der Waals surface area contributed by atoms with Gasteiger partial charge in [0.2, 0.25) is 5.91 Å². The van der Waals surface area contributed by atoms with Crippen molar-refractivity contribution in [3.63, 3.8) is 0 Å². The molecule has 0 aliphatic heterocycles. The van der Waals surface area contributed by atoms with Gasteiger partial charge in [0.15, 0.2) is 0 Å². The van der Waals surface area contributed by atoms with Crippen molar-refractivity contribution in [3.05, 3.63) is 33.1 Å². The number of unbranched alkanes of at least 4 members (excludes halogenated alkanes) is 2. The predicted octanol–water partition coefficient (Wildman–Crippen LogP) is 0.632. The Labute approximate surface area is 118 Å². The highest BCUT2D eigenvalue weighted by molar-refractivity contribution is 5.75. The molecule has 0 radical (unpaired) electrons. The van der Waals surface area contributed by atoms with Crippen molar-refractivity contribution >= 4 is 5.91 Å². The summed E-state index contributed by atoms with van der Waals surface area (Å²) in [6.07, 6.45) is 5.67. The van der Waals surface area contributed by atoms with E-state index in [9.17, 15) is 14.4 Å². The van der Waals surface area contributed by atoms with Crippen LogP contribution in [0, 0.1) is 0 Å². The second-order valence-electron chi connectivity index (χ2n) is 5.09. The van der Waals surface area contributed by atoms with Crippen molar-refractivity contribution in [2.45, 2.75) is 52.1 Å². The van der Waals surface area contributed by atoms with Crippen LogP contribution in [0.3, 0.4) is 0 Å². The number of carbonyl (C=O) groups is 1. The molecule has 1 unspecified atom stereocenters. The molecule has 0 fully saturated rings. The maximum Gasteiger partial charge on any atom is 0.331 e. The van der Waals surface area contributed by atoms with Gasteiger partial charge in [-0.05, 0) is 13.3 Å². The van der Waals surface area contributed by atoms with Crippen LogP contribution in [0.5, 0.6) is 0 Å². The lowest BCUT2D eigenvalue weighted by atomic mass is 10.1. The fourth-order valence-electron chi connectivity index (χ4n) is 1.98. The Morgan fingerprint density at radius 1 is 1.35 bits per heavy atom. The van der Waals surface area contributed by atoms with E-state index < -0.39 is 5.69 Å². The van der Waals surface area contributed by atoms with E-state index >= 15 is 0 Å². The summed E-state index contributed by atoms with van der Waals surface area (Å²) < 4.78 is 2.22. The van der Waals surface area contributed by atoms with Gasteiger partial charge in [-0.2, -0.15) is 0 Å². The molecule has 1 amide bonds. The number of nitrogens with zero attached hydrogens (tertiary/aromatic N) is 2. The summed E-state index contributed by atoms with van der Waals surface area (Å²) in [6, 6.07) is 1.37. The third kappa shape index (κ3) is 4.68. The first-order chi connectivity index (χ1) is 9.45. The fourth-order valence-corrected chi connectivity index (χ4v) is 1.98. The number of nitrogens with one attached hydrogen (secondary N) is 1. The first-order valence-corrected chi connectivity index (χ1v) is 7.01. The summed E-state index contributed by atoms with van der Waals surface area (Å²) in [5, 5.41) is 2.86. The molecule has 1 heterocycles. The molecular weight excluding hydrogens is 258 g/mol. The molecule has 0 spiro atoms. The van der Waals surface area contributed by atoms with E-state index in [-0.39, 0.29) is 24.1 Å². The first kappa shape index (κ1) is 16.2. The topological polar surface area (TPSA) is 73.1 Å². The third-order valence-electron chi connectivity index (χ3n) is 3.22. The van der Waals surface area contributed by atoms with Gasteiger partial charge in [0.1, 0.15) is 6.54 Å². The number of hydrogen-bond donors (Lipinski definition) is 1. The highest BCUT2D eigenvalue weighted by Crippen LogP contribution is 2.02. The van der Waals surface area contributed by atoms with Crippen LogP contribution in [-0.4, -0.2) is 21.1 Å². The molecule has 112 valence electrons. The molecule has 0 aliphatic rings. The lowest BCUT2D eigenvalue weighted by Gasteiger charge is -2.14. The lowest BCUT2D eigenvalue weighted by Crippen LogP contribution is -2.41. The smallest absolute Gasteiger partial charge is 0.331 e. The van der Waals surface area contributed by atoms with Gasteiger partial charge < -0.3 is 5.32 Å². The van der Waals surface area contributed by atoms with Gasteiger partial charge in [0.25, 0.3) is 5.56 Å².